The summed E-state index contributed by atoms with van der Waals surface area (Å²) in [4.78, 5) is 16.5. The molecule has 156 valence electrons. The van der Waals surface area contributed by atoms with Crippen LogP contribution in [-0.4, -0.2) is 50.5 Å². The maximum absolute atomic E-state index is 11.8. The maximum atomic E-state index is 11.8. The summed E-state index contributed by atoms with van der Waals surface area (Å²) in [6.45, 7) is 1.90. The van der Waals surface area contributed by atoms with Gasteiger partial charge in [0.25, 0.3) is 0 Å². The Bertz CT molecular complexity index is 898. The lowest BCUT2D eigenvalue weighted by Crippen LogP contribution is -2.30. The van der Waals surface area contributed by atoms with Crippen molar-refractivity contribution in [1.82, 2.24) is 20.0 Å². The SMILES string of the molecule is COC(=O)[C@H]1CCC[C@H](Oc2ccc(-c3nnn(C)c3CC(=N)SC)nc2C)C1. The third-order valence-electron chi connectivity index (χ3n) is 5.25. The average molecular weight is 418 g/mol. The molecule has 1 N–H and O–H groups in total. The topological polar surface area (TPSA) is 103 Å². The second-order valence-electron chi connectivity index (χ2n) is 7.22. The Morgan fingerprint density at radius 3 is 2.86 bits per heavy atom. The van der Waals surface area contributed by atoms with E-state index in [0.717, 1.165) is 30.7 Å². The summed E-state index contributed by atoms with van der Waals surface area (Å²) in [7, 11) is 3.26. The smallest absolute Gasteiger partial charge is 0.308 e. The van der Waals surface area contributed by atoms with Gasteiger partial charge < -0.3 is 9.47 Å². The summed E-state index contributed by atoms with van der Waals surface area (Å²) in [5, 5.41) is 16.9. The highest BCUT2D eigenvalue weighted by molar-refractivity contribution is 8.13. The standard InChI is InChI=1S/C20H27N5O3S/c1-12-17(28-14-7-5-6-13(10-14)20(26)27-3)9-8-15(22-12)19-16(11-18(21)29-4)25(2)24-23-19/h8-9,13-14,21H,5-7,10-11H2,1-4H3/t13-,14-/m0/s1. The highest BCUT2D eigenvalue weighted by Gasteiger charge is 2.29. The van der Waals surface area contributed by atoms with Gasteiger partial charge in [-0.05, 0) is 51.0 Å². The first-order valence-electron chi connectivity index (χ1n) is 9.65. The first kappa shape index (κ1) is 21.3. The predicted octanol–water partition coefficient (Wildman–Crippen LogP) is 3.18. The first-order chi connectivity index (χ1) is 13.9. The summed E-state index contributed by atoms with van der Waals surface area (Å²) in [5.74, 6) is 0.459. The molecule has 0 saturated heterocycles. The number of thioether (sulfide) groups is 1. The Morgan fingerprint density at radius 1 is 1.38 bits per heavy atom. The molecular formula is C20H27N5O3S. The molecule has 1 aliphatic rings. The molecule has 2 aromatic heterocycles. The van der Waals surface area contributed by atoms with Crippen LogP contribution in [0.15, 0.2) is 12.1 Å². The monoisotopic (exact) mass is 417 g/mol. The highest BCUT2D eigenvalue weighted by Crippen LogP contribution is 2.31. The summed E-state index contributed by atoms with van der Waals surface area (Å²) in [6, 6.07) is 3.77. The van der Waals surface area contributed by atoms with Crippen molar-refractivity contribution in [3.63, 3.8) is 0 Å². The molecule has 0 amide bonds. The molecule has 0 spiro atoms. The van der Waals surface area contributed by atoms with E-state index in [9.17, 15) is 4.79 Å². The van der Waals surface area contributed by atoms with Crippen molar-refractivity contribution in [2.45, 2.75) is 45.1 Å². The van der Waals surface area contributed by atoms with Gasteiger partial charge in [-0.2, -0.15) is 0 Å². The molecule has 0 aromatic carbocycles. The molecule has 0 bridgehead atoms. The zero-order chi connectivity index (χ0) is 21.0. The molecule has 2 heterocycles. The van der Waals surface area contributed by atoms with Gasteiger partial charge in [0.2, 0.25) is 0 Å². The van der Waals surface area contributed by atoms with Crippen molar-refractivity contribution in [3.8, 4) is 17.1 Å². The van der Waals surface area contributed by atoms with Gasteiger partial charge in [0.1, 0.15) is 11.4 Å². The number of carbonyl (C=O) groups is 1. The fourth-order valence-corrected chi connectivity index (χ4v) is 3.90. The van der Waals surface area contributed by atoms with Gasteiger partial charge in [-0.25, -0.2) is 4.98 Å². The van der Waals surface area contributed by atoms with Gasteiger partial charge in [-0.3, -0.25) is 14.9 Å². The zero-order valence-corrected chi connectivity index (χ0v) is 18.1. The summed E-state index contributed by atoms with van der Waals surface area (Å²) in [6.07, 6.45) is 5.71. The minimum Gasteiger partial charge on any atom is -0.489 e. The maximum Gasteiger partial charge on any atom is 0.308 e. The lowest BCUT2D eigenvalue weighted by atomic mass is 9.87. The van der Waals surface area contributed by atoms with Crippen molar-refractivity contribution in [1.29, 1.82) is 5.41 Å². The van der Waals surface area contributed by atoms with Crippen molar-refractivity contribution in [3.05, 3.63) is 23.5 Å². The second-order valence-corrected chi connectivity index (χ2v) is 8.12. The number of hydrogen-bond acceptors (Lipinski definition) is 8. The van der Waals surface area contributed by atoms with Gasteiger partial charge in [0.05, 0.1) is 41.3 Å². The van der Waals surface area contributed by atoms with E-state index < -0.39 is 0 Å². The molecule has 0 aliphatic heterocycles. The van der Waals surface area contributed by atoms with Crippen LogP contribution in [0.25, 0.3) is 11.4 Å². The van der Waals surface area contributed by atoms with Crippen molar-refractivity contribution >= 4 is 22.8 Å². The largest absolute Gasteiger partial charge is 0.489 e. The molecule has 29 heavy (non-hydrogen) atoms. The van der Waals surface area contributed by atoms with Gasteiger partial charge in [-0.1, -0.05) is 5.21 Å². The minimum atomic E-state index is -0.158. The molecule has 8 nitrogen and oxygen atoms in total. The molecule has 9 heteroatoms. The molecule has 2 aromatic rings. The number of nitrogens with zero attached hydrogens (tertiary/aromatic N) is 4. The quantitative estimate of drug-likeness (QED) is 0.437. The Labute approximate surface area is 174 Å². The summed E-state index contributed by atoms with van der Waals surface area (Å²) in [5.41, 5.74) is 3.02. The Morgan fingerprint density at radius 2 is 2.17 bits per heavy atom. The van der Waals surface area contributed by atoms with E-state index in [1.54, 1.807) is 4.68 Å². The number of rotatable bonds is 6. The molecule has 0 unspecified atom stereocenters. The number of esters is 1. The summed E-state index contributed by atoms with van der Waals surface area (Å²) < 4.78 is 12.7. The third kappa shape index (κ3) is 4.95. The van der Waals surface area contributed by atoms with Crippen molar-refractivity contribution in [2.24, 2.45) is 13.0 Å². The number of nitrogens with one attached hydrogen (secondary N) is 1. The predicted molar refractivity (Wildman–Crippen MR) is 112 cm³/mol. The number of aryl methyl sites for hydroxylation is 2. The van der Waals surface area contributed by atoms with E-state index in [1.165, 1.54) is 18.9 Å². The van der Waals surface area contributed by atoms with Gasteiger partial charge in [0, 0.05) is 13.5 Å². The normalized spacial score (nSPS) is 19.0. The molecule has 2 atom stereocenters. The van der Waals surface area contributed by atoms with Crippen molar-refractivity contribution < 1.29 is 14.3 Å². The van der Waals surface area contributed by atoms with E-state index in [2.05, 4.69) is 15.3 Å². The number of aromatic nitrogens is 4. The Hall–Kier alpha value is -2.42. The highest BCUT2D eigenvalue weighted by atomic mass is 32.2. The average Bonchev–Trinajstić information content (AvgIpc) is 3.09. The molecule has 1 aliphatic carbocycles. The van der Waals surface area contributed by atoms with Crippen LogP contribution in [0.3, 0.4) is 0 Å². The Balaban J connectivity index is 1.76. The van der Waals surface area contributed by atoms with Crippen LogP contribution in [0.2, 0.25) is 0 Å². The van der Waals surface area contributed by atoms with Crippen molar-refractivity contribution in [2.75, 3.05) is 13.4 Å². The van der Waals surface area contributed by atoms with Crippen LogP contribution in [0, 0.1) is 18.3 Å². The van der Waals surface area contributed by atoms with Gasteiger partial charge in [-0.15, -0.1) is 16.9 Å². The van der Waals surface area contributed by atoms with Gasteiger partial charge >= 0.3 is 5.97 Å². The van der Waals surface area contributed by atoms with Crippen LogP contribution in [0.1, 0.15) is 37.1 Å². The summed E-state index contributed by atoms with van der Waals surface area (Å²) >= 11 is 1.41. The molecule has 1 saturated carbocycles. The van der Waals surface area contributed by atoms with Crippen LogP contribution >= 0.6 is 11.8 Å². The minimum absolute atomic E-state index is 0.0201. The van der Waals surface area contributed by atoms with Crippen LogP contribution in [0.4, 0.5) is 0 Å². The third-order valence-corrected chi connectivity index (χ3v) is 5.89. The molecule has 0 radical (unpaired) electrons. The van der Waals surface area contributed by atoms with E-state index in [4.69, 9.17) is 14.9 Å². The number of methoxy groups -OCH3 is 1. The fourth-order valence-electron chi connectivity index (χ4n) is 3.62. The number of pyridine rings is 1. The lowest BCUT2D eigenvalue weighted by Gasteiger charge is -2.28. The van der Waals surface area contributed by atoms with E-state index >= 15 is 0 Å². The van der Waals surface area contributed by atoms with E-state index in [-0.39, 0.29) is 18.0 Å². The van der Waals surface area contributed by atoms with E-state index in [0.29, 0.717) is 35.0 Å². The zero-order valence-electron chi connectivity index (χ0n) is 17.3. The molecule has 3 rings (SSSR count). The van der Waals surface area contributed by atoms with Gasteiger partial charge in [0.15, 0.2) is 0 Å². The molecular weight excluding hydrogens is 390 g/mol. The number of hydrogen-bond donors (Lipinski definition) is 1. The Kier molecular flexibility index (Phi) is 6.89. The van der Waals surface area contributed by atoms with Crippen LogP contribution < -0.4 is 4.74 Å². The molecule has 1 fully saturated rings. The first-order valence-corrected chi connectivity index (χ1v) is 10.9. The number of carbonyl (C=O) groups excluding carboxylic acids is 1. The number of ether oxygens (including phenoxy) is 2. The van der Waals surface area contributed by atoms with E-state index in [1.807, 2.05) is 32.4 Å². The fraction of sp³-hybridized carbons (Fsp3) is 0.550. The second kappa shape index (κ2) is 9.39. The van der Waals surface area contributed by atoms with Crippen LogP contribution in [0.5, 0.6) is 5.75 Å². The lowest BCUT2D eigenvalue weighted by molar-refractivity contribution is -0.147. The van der Waals surface area contributed by atoms with Crippen LogP contribution in [-0.2, 0) is 23.0 Å².